The Morgan fingerprint density at radius 2 is 1.77 bits per heavy atom. The summed E-state index contributed by atoms with van der Waals surface area (Å²) in [4.78, 5) is 31.4. The molecule has 1 saturated carbocycles. The molecule has 2 heterocycles. The number of hydrogen-bond acceptors (Lipinski definition) is 5. The Balaban J connectivity index is 1.48. The van der Waals surface area contributed by atoms with Gasteiger partial charge in [-0.1, -0.05) is 19.3 Å². The van der Waals surface area contributed by atoms with Gasteiger partial charge in [-0.25, -0.2) is 0 Å². The Morgan fingerprint density at radius 3 is 2.42 bits per heavy atom. The number of nitrogens with one attached hydrogen (secondary N) is 1. The molecule has 7 nitrogen and oxygen atoms in total. The minimum Gasteiger partial charge on any atom is -0.339 e. The van der Waals surface area contributed by atoms with E-state index in [9.17, 15) is 9.59 Å². The third-order valence-electron chi connectivity index (χ3n) is 6.27. The average Bonchev–Trinajstić information content (AvgIpc) is 2.68. The largest absolute Gasteiger partial charge is 0.339 e. The van der Waals surface area contributed by atoms with Gasteiger partial charge in [0.15, 0.2) is 0 Å². The summed E-state index contributed by atoms with van der Waals surface area (Å²) in [5.41, 5.74) is 6.33. The molecule has 0 aromatic heterocycles. The molecular formula is C19H35N5O2. The van der Waals surface area contributed by atoms with E-state index >= 15 is 0 Å². The zero-order chi connectivity index (χ0) is 18.5. The lowest BCUT2D eigenvalue weighted by atomic mass is 9.83. The van der Waals surface area contributed by atoms with Crippen LogP contribution in [0.4, 0.5) is 0 Å². The van der Waals surface area contributed by atoms with E-state index in [1.165, 1.54) is 19.3 Å². The molecule has 2 saturated heterocycles. The maximum atomic E-state index is 12.9. The number of rotatable bonds is 4. The molecule has 3 fully saturated rings. The maximum Gasteiger partial charge on any atom is 0.240 e. The van der Waals surface area contributed by atoms with Crippen molar-refractivity contribution in [2.24, 2.45) is 11.7 Å². The number of hydrogen-bond donors (Lipinski definition) is 2. The van der Waals surface area contributed by atoms with Crippen molar-refractivity contribution in [2.75, 3.05) is 52.4 Å². The van der Waals surface area contributed by atoms with E-state index < -0.39 is 0 Å². The first kappa shape index (κ1) is 19.6. The number of amides is 2. The lowest BCUT2D eigenvalue weighted by molar-refractivity contribution is -0.140. The molecule has 148 valence electrons. The van der Waals surface area contributed by atoms with Gasteiger partial charge < -0.3 is 20.9 Å². The van der Waals surface area contributed by atoms with Gasteiger partial charge in [0.1, 0.15) is 0 Å². The highest BCUT2D eigenvalue weighted by molar-refractivity contribution is 5.82. The van der Waals surface area contributed by atoms with Gasteiger partial charge in [-0.2, -0.15) is 0 Å². The van der Waals surface area contributed by atoms with Crippen molar-refractivity contribution in [1.82, 2.24) is 20.0 Å². The Labute approximate surface area is 157 Å². The minimum atomic E-state index is -0.355. The smallest absolute Gasteiger partial charge is 0.240 e. The van der Waals surface area contributed by atoms with E-state index in [4.69, 9.17) is 5.73 Å². The van der Waals surface area contributed by atoms with Crippen molar-refractivity contribution in [1.29, 1.82) is 0 Å². The first-order valence-electron chi connectivity index (χ1n) is 10.3. The first-order valence-corrected chi connectivity index (χ1v) is 10.3. The van der Waals surface area contributed by atoms with Crippen molar-refractivity contribution in [2.45, 2.75) is 51.1 Å². The number of nitrogens with zero attached hydrogens (tertiary/aromatic N) is 3. The van der Waals surface area contributed by atoms with Crippen molar-refractivity contribution < 1.29 is 9.59 Å². The average molecular weight is 366 g/mol. The first-order chi connectivity index (χ1) is 12.6. The molecule has 2 amide bonds. The van der Waals surface area contributed by atoms with Crippen LogP contribution < -0.4 is 11.1 Å². The van der Waals surface area contributed by atoms with Crippen LogP contribution in [0, 0.1) is 5.92 Å². The second-order valence-corrected chi connectivity index (χ2v) is 8.17. The van der Waals surface area contributed by atoms with Gasteiger partial charge in [-0.05, 0) is 25.7 Å². The van der Waals surface area contributed by atoms with Crippen molar-refractivity contribution >= 4 is 11.8 Å². The van der Waals surface area contributed by atoms with E-state index in [0.717, 1.165) is 52.1 Å². The standard InChI is InChI=1S/C19H35N5O2/c1-15-13-22(14-17(25)23-9-7-21-8-10-23)11-12-24(15)19(26)18(20)16-5-3-2-4-6-16/h15-16,18,21H,2-14,20H2,1H3/t15-,18-/m1/s1. The molecule has 1 aliphatic carbocycles. The van der Waals surface area contributed by atoms with Gasteiger partial charge in [0.25, 0.3) is 0 Å². The van der Waals surface area contributed by atoms with Crippen LogP contribution in [0.25, 0.3) is 0 Å². The topological polar surface area (TPSA) is 81.9 Å². The Morgan fingerprint density at radius 1 is 1.08 bits per heavy atom. The summed E-state index contributed by atoms with van der Waals surface area (Å²) in [6, 6.07) is -0.242. The van der Waals surface area contributed by atoms with Gasteiger partial charge in [0.05, 0.1) is 12.6 Å². The van der Waals surface area contributed by atoms with Crippen LogP contribution in [-0.2, 0) is 9.59 Å². The number of nitrogens with two attached hydrogens (primary N) is 1. The van der Waals surface area contributed by atoms with E-state index in [1.807, 2.05) is 9.80 Å². The lowest BCUT2D eigenvalue weighted by Gasteiger charge is -2.42. The molecule has 3 rings (SSSR count). The summed E-state index contributed by atoms with van der Waals surface area (Å²) in [5, 5.41) is 3.27. The third kappa shape index (κ3) is 4.75. The van der Waals surface area contributed by atoms with Crippen molar-refractivity contribution in [3.8, 4) is 0 Å². The molecule has 0 unspecified atom stereocenters. The van der Waals surface area contributed by atoms with Crippen LogP contribution >= 0.6 is 0 Å². The molecule has 3 aliphatic rings. The summed E-state index contributed by atoms with van der Waals surface area (Å²) in [6.45, 7) is 8.06. The summed E-state index contributed by atoms with van der Waals surface area (Å²) in [6.07, 6.45) is 5.83. The fraction of sp³-hybridized carbons (Fsp3) is 0.895. The summed E-state index contributed by atoms with van der Waals surface area (Å²) >= 11 is 0. The monoisotopic (exact) mass is 365 g/mol. The predicted octanol–water partition coefficient (Wildman–Crippen LogP) is -0.141. The molecule has 26 heavy (non-hydrogen) atoms. The highest BCUT2D eigenvalue weighted by Gasteiger charge is 2.34. The number of piperazine rings is 2. The van der Waals surface area contributed by atoms with Crippen molar-refractivity contribution in [3.63, 3.8) is 0 Å². The highest BCUT2D eigenvalue weighted by Crippen LogP contribution is 2.27. The minimum absolute atomic E-state index is 0.109. The summed E-state index contributed by atoms with van der Waals surface area (Å²) in [5.74, 6) is 0.658. The molecule has 0 bridgehead atoms. The van der Waals surface area contributed by atoms with Gasteiger partial charge in [0.2, 0.25) is 11.8 Å². The Bertz CT molecular complexity index is 488. The number of carbonyl (C=O) groups excluding carboxylic acids is 2. The van der Waals surface area contributed by atoms with Crippen LogP contribution in [0.1, 0.15) is 39.0 Å². The van der Waals surface area contributed by atoms with E-state index in [-0.39, 0.29) is 23.9 Å². The van der Waals surface area contributed by atoms with E-state index in [0.29, 0.717) is 19.0 Å². The van der Waals surface area contributed by atoms with Crippen LogP contribution in [-0.4, -0.2) is 91.0 Å². The highest BCUT2D eigenvalue weighted by atomic mass is 16.2. The fourth-order valence-corrected chi connectivity index (χ4v) is 4.60. The van der Waals surface area contributed by atoms with Crippen LogP contribution in [0.5, 0.6) is 0 Å². The summed E-state index contributed by atoms with van der Waals surface area (Å²) < 4.78 is 0. The normalized spacial score (nSPS) is 27.4. The molecule has 7 heteroatoms. The zero-order valence-corrected chi connectivity index (χ0v) is 16.2. The molecule has 0 radical (unpaired) electrons. The van der Waals surface area contributed by atoms with Gasteiger partial charge in [-0.15, -0.1) is 0 Å². The second kappa shape index (κ2) is 9.15. The Kier molecular flexibility index (Phi) is 6.89. The van der Waals surface area contributed by atoms with Crippen LogP contribution in [0.2, 0.25) is 0 Å². The zero-order valence-electron chi connectivity index (χ0n) is 16.2. The van der Waals surface area contributed by atoms with Gasteiger partial charge in [-0.3, -0.25) is 14.5 Å². The van der Waals surface area contributed by atoms with Crippen LogP contribution in [0.3, 0.4) is 0 Å². The lowest BCUT2D eigenvalue weighted by Crippen LogP contribution is -2.60. The molecule has 3 N–H and O–H groups in total. The van der Waals surface area contributed by atoms with Crippen LogP contribution in [0.15, 0.2) is 0 Å². The second-order valence-electron chi connectivity index (χ2n) is 8.17. The van der Waals surface area contributed by atoms with E-state index in [1.54, 1.807) is 0 Å². The molecule has 0 aromatic carbocycles. The quantitative estimate of drug-likeness (QED) is 0.725. The number of carbonyl (C=O) groups is 2. The third-order valence-corrected chi connectivity index (χ3v) is 6.27. The summed E-state index contributed by atoms with van der Waals surface area (Å²) in [7, 11) is 0. The fourth-order valence-electron chi connectivity index (χ4n) is 4.60. The molecule has 0 spiro atoms. The molecule has 0 aromatic rings. The predicted molar refractivity (Wildman–Crippen MR) is 102 cm³/mol. The van der Waals surface area contributed by atoms with Gasteiger partial charge >= 0.3 is 0 Å². The van der Waals surface area contributed by atoms with Crippen molar-refractivity contribution in [3.05, 3.63) is 0 Å². The maximum absolute atomic E-state index is 12.9. The van der Waals surface area contributed by atoms with E-state index in [2.05, 4.69) is 17.1 Å². The molecular weight excluding hydrogens is 330 g/mol. The SMILES string of the molecule is C[C@@H]1CN(CC(=O)N2CCNCC2)CCN1C(=O)[C@H](N)C1CCCCC1. The molecule has 2 atom stereocenters. The molecule has 2 aliphatic heterocycles. The Hall–Kier alpha value is -1.18. The van der Waals surface area contributed by atoms with Gasteiger partial charge in [0, 0.05) is 51.9 Å².